The Morgan fingerprint density at radius 2 is 1.81 bits per heavy atom. The van der Waals surface area contributed by atoms with Crippen molar-refractivity contribution in [1.29, 1.82) is 0 Å². The molecule has 1 saturated heterocycles. The standard InChI is InChI=1S/C20H19FN6/c21-13-1-6-18-16(11-13)17-12-23-26-19(17)20(25-18)24-14-2-4-15(5-3-14)27-9-7-22-8-10-27/h1-6,11-12,22H,7-10H2,(H,23,26)(H,24,25). The first kappa shape index (κ1) is 16.0. The fraction of sp³-hybridized carbons (Fsp3) is 0.200. The van der Waals surface area contributed by atoms with Crippen LogP contribution in [0.1, 0.15) is 0 Å². The number of aromatic nitrogens is 3. The second kappa shape index (κ2) is 6.51. The molecule has 7 heteroatoms. The van der Waals surface area contributed by atoms with Crippen molar-refractivity contribution in [3.63, 3.8) is 0 Å². The van der Waals surface area contributed by atoms with E-state index in [4.69, 9.17) is 0 Å². The number of rotatable bonds is 3. The number of benzene rings is 2. The number of aromatic amines is 1. The highest BCUT2D eigenvalue weighted by atomic mass is 19.1. The molecule has 1 fully saturated rings. The summed E-state index contributed by atoms with van der Waals surface area (Å²) in [5.74, 6) is 0.396. The lowest BCUT2D eigenvalue weighted by Crippen LogP contribution is -2.43. The molecule has 4 aromatic rings. The normalized spacial score (nSPS) is 14.8. The monoisotopic (exact) mass is 362 g/mol. The highest BCUT2D eigenvalue weighted by molar-refractivity contribution is 6.08. The van der Waals surface area contributed by atoms with Crippen LogP contribution in [0.25, 0.3) is 21.8 Å². The maximum Gasteiger partial charge on any atom is 0.157 e. The van der Waals surface area contributed by atoms with Crippen molar-refractivity contribution < 1.29 is 4.39 Å². The summed E-state index contributed by atoms with van der Waals surface area (Å²) in [4.78, 5) is 7.03. The number of halogens is 1. The van der Waals surface area contributed by atoms with Crippen LogP contribution in [0.3, 0.4) is 0 Å². The molecule has 0 unspecified atom stereocenters. The molecular weight excluding hydrogens is 343 g/mol. The fourth-order valence-corrected chi connectivity index (χ4v) is 3.57. The molecule has 0 aliphatic carbocycles. The number of nitrogens with one attached hydrogen (secondary N) is 3. The van der Waals surface area contributed by atoms with Crippen molar-refractivity contribution in [2.24, 2.45) is 0 Å². The van der Waals surface area contributed by atoms with Gasteiger partial charge in [0, 0.05) is 48.3 Å². The van der Waals surface area contributed by atoms with E-state index in [1.54, 1.807) is 12.3 Å². The summed E-state index contributed by atoms with van der Waals surface area (Å²) in [6, 6.07) is 12.9. The molecule has 0 bridgehead atoms. The zero-order valence-electron chi connectivity index (χ0n) is 14.7. The second-order valence-corrected chi connectivity index (χ2v) is 6.69. The topological polar surface area (TPSA) is 68.9 Å². The first-order chi connectivity index (χ1) is 13.3. The third-order valence-electron chi connectivity index (χ3n) is 4.97. The number of H-pyrrole nitrogens is 1. The van der Waals surface area contributed by atoms with Crippen LogP contribution in [0, 0.1) is 5.82 Å². The molecule has 3 heterocycles. The van der Waals surface area contributed by atoms with Gasteiger partial charge in [0.2, 0.25) is 0 Å². The van der Waals surface area contributed by atoms with Crippen LogP contribution in [0.4, 0.5) is 21.6 Å². The Kier molecular flexibility index (Phi) is 3.86. The van der Waals surface area contributed by atoms with Crippen LogP contribution in [0.2, 0.25) is 0 Å². The Hall–Kier alpha value is -3.19. The lowest BCUT2D eigenvalue weighted by molar-refractivity contribution is 0.589. The lowest BCUT2D eigenvalue weighted by atomic mass is 10.1. The van der Waals surface area contributed by atoms with Crippen molar-refractivity contribution in [1.82, 2.24) is 20.5 Å². The SMILES string of the molecule is Fc1ccc2nc(Nc3ccc(N4CCNCC4)cc3)c3[nH]ncc3c2c1. The van der Waals surface area contributed by atoms with Gasteiger partial charge in [-0.2, -0.15) is 5.10 Å². The minimum absolute atomic E-state index is 0.281. The van der Waals surface area contributed by atoms with E-state index in [9.17, 15) is 4.39 Å². The highest BCUT2D eigenvalue weighted by Crippen LogP contribution is 2.30. The van der Waals surface area contributed by atoms with Gasteiger partial charge in [-0.05, 0) is 42.5 Å². The quantitative estimate of drug-likeness (QED) is 0.521. The second-order valence-electron chi connectivity index (χ2n) is 6.69. The van der Waals surface area contributed by atoms with Crippen LogP contribution < -0.4 is 15.5 Å². The number of nitrogens with zero attached hydrogens (tertiary/aromatic N) is 3. The van der Waals surface area contributed by atoms with E-state index >= 15 is 0 Å². The van der Waals surface area contributed by atoms with E-state index < -0.39 is 0 Å². The number of pyridine rings is 1. The van der Waals surface area contributed by atoms with Gasteiger partial charge < -0.3 is 15.5 Å². The number of hydrogen-bond donors (Lipinski definition) is 3. The molecule has 1 aliphatic rings. The molecule has 3 N–H and O–H groups in total. The van der Waals surface area contributed by atoms with E-state index in [1.165, 1.54) is 17.8 Å². The van der Waals surface area contributed by atoms with Crippen molar-refractivity contribution in [3.05, 3.63) is 54.5 Å². The number of piperazine rings is 1. The van der Waals surface area contributed by atoms with E-state index in [1.807, 2.05) is 0 Å². The predicted molar refractivity (Wildman–Crippen MR) is 106 cm³/mol. The summed E-state index contributed by atoms with van der Waals surface area (Å²) in [6.45, 7) is 4.06. The van der Waals surface area contributed by atoms with Gasteiger partial charge in [0.25, 0.3) is 0 Å². The first-order valence-electron chi connectivity index (χ1n) is 9.03. The van der Waals surface area contributed by atoms with Gasteiger partial charge in [0.15, 0.2) is 5.82 Å². The molecule has 2 aromatic carbocycles. The molecule has 0 spiro atoms. The van der Waals surface area contributed by atoms with Gasteiger partial charge in [0.05, 0.1) is 11.7 Å². The van der Waals surface area contributed by atoms with Crippen LogP contribution in [-0.2, 0) is 0 Å². The third kappa shape index (κ3) is 2.96. The molecule has 1 aliphatic heterocycles. The highest BCUT2D eigenvalue weighted by Gasteiger charge is 2.13. The van der Waals surface area contributed by atoms with Crippen molar-refractivity contribution in [2.45, 2.75) is 0 Å². The van der Waals surface area contributed by atoms with Crippen LogP contribution in [-0.4, -0.2) is 41.4 Å². The van der Waals surface area contributed by atoms with E-state index in [0.29, 0.717) is 5.82 Å². The van der Waals surface area contributed by atoms with Gasteiger partial charge in [-0.15, -0.1) is 0 Å². The van der Waals surface area contributed by atoms with Crippen molar-refractivity contribution in [2.75, 3.05) is 36.4 Å². The lowest BCUT2D eigenvalue weighted by Gasteiger charge is -2.29. The summed E-state index contributed by atoms with van der Waals surface area (Å²) in [7, 11) is 0. The predicted octanol–water partition coefficient (Wildman–Crippen LogP) is 3.40. The molecule has 0 radical (unpaired) electrons. The van der Waals surface area contributed by atoms with Crippen LogP contribution in [0.15, 0.2) is 48.7 Å². The summed E-state index contributed by atoms with van der Waals surface area (Å²) in [5, 5.41) is 15.4. The van der Waals surface area contributed by atoms with E-state index in [-0.39, 0.29) is 5.82 Å². The van der Waals surface area contributed by atoms with E-state index in [0.717, 1.165) is 53.7 Å². The van der Waals surface area contributed by atoms with Crippen molar-refractivity contribution in [3.8, 4) is 0 Å². The Balaban J connectivity index is 1.48. The first-order valence-corrected chi connectivity index (χ1v) is 9.03. The molecule has 6 nitrogen and oxygen atoms in total. The average Bonchev–Trinajstić information content (AvgIpc) is 3.20. The van der Waals surface area contributed by atoms with Gasteiger partial charge in [-0.3, -0.25) is 5.10 Å². The molecule has 27 heavy (non-hydrogen) atoms. The molecule has 0 amide bonds. The minimum atomic E-state index is -0.281. The molecule has 0 saturated carbocycles. The number of fused-ring (bicyclic) bond motifs is 3. The molecular formula is C20H19FN6. The third-order valence-corrected chi connectivity index (χ3v) is 4.97. The summed E-state index contributed by atoms with van der Waals surface area (Å²) in [6.07, 6.45) is 1.71. The molecule has 5 rings (SSSR count). The Bertz CT molecular complexity index is 1100. The minimum Gasteiger partial charge on any atom is -0.369 e. The Labute approximate surface area is 155 Å². The van der Waals surface area contributed by atoms with Gasteiger partial charge in [-0.25, -0.2) is 9.37 Å². The van der Waals surface area contributed by atoms with Crippen LogP contribution >= 0.6 is 0 Å². The number of anilines is 3. The summed E-state index contributed by atoms with van der Waals surface area (Å²) >= 11 is 0. The van der Waals surface area contributed by atoms with Gasteiger partial charge in [0.1, 0.15) is 11.3 Å². The summed E-state index contributed by atoms with van der Waals surface area (Å²) < 4.78 is 13.6. The zero-order chi connectivity index (χ0) is 18.2. The average molecular weight is 362 g/mol. The maximum atomic E-state index is 13.6. The van der Waals surface area contributed by atoms with Gasteiger partial charge >= 0.3 is 0 Å². The number of hydrogen-bond acceptors (Lipinski definition) is 5. The van der Waals surface area contributed by atoms with Crippen LogP contribution in [0.5, 0.6) is 0 Å². The maximum absolute atomic E-state index is 13.6. The smallest absolute Gasteiger partial charge is 0.157 e. The molecule has 0 atom stereocenters. The Morgan fingerprint density at radius 3 is 2.63 bits per heavy atom. The Morgan fingerprint density at radius 1 is 1.00 bits per heavy atom. The fourth-order valence-electron chi connectivity index (χ4n) is 3.57. The summed E-state index contributed by atoms with van der Waals surface area (Å²) in [5.41, 5.74) is 3.65. The van der Waals surface area contributed by atoms with Crippen molar-refractivity contribution >= 4 is 39.0 Å². The zero-order valence-corrected chi connectivity index (χ0v) is 14.7. The molecule has 136 valence electrons. The van der Waals surface area contributed by atoms with Gasteiger partial charge in [-0.1, -0.05) is 0 Å². The molecule has 2 aromatic heterocycles. The van der Waals surface area contributed by atoms with E-state index in [2.05, 4.69) is 55.0 Å². The largest absolute Gasteiger partial charge is 0.369 e.